The summed E-state index contributed by atoms with van der Waals surface area (Å²) < 4.78 is 0. The van der Waals surface area contributed by atoms with Gasteiger partial charge in [-0.2, -0.15) is 5.10 Å². The zero-order valence-corrected chi connectivity index (χ0v) is 14.6. The fourth-order valence-electron chi connectivity index (χ4n) is 3.39. The van der Waals surface area contributed by atoms with E-state index in [9.17, 15) is 4.79 Å². The standard InChI is InChI=1S/C21H22N4O/c26-21(20-13-19(23-24-20)17-9-5-2-6-10-17)22-18-11-12-25(15-18)14-16-7-3-1-4-8-16/h1-10,13,18H,11-12,14-15H2,(H,22,26)(H,23,24). The minimum Gasteiger partial charge on any atom is -0.347 e. The molecule has 2 aromatic carbocycles. The average Bonchev–Trinajstić information content (AvgIpc) is 3.33. The Kier molecular flexibility index (Phi) is 4.80. The molecule has 1 aliphatic heterocycles. The van der Waals surface area contributed by atoms with Gasteiger partial charge in [0.2, 0.25) is 0 Å². The van der Waals surface area contributed by atoms with Crippen molar-refractivity contribution in [3.63, 3.8) is 0 Å². The summed E-state index contributed by atoms with van der Waals surface area (Å²) in [6.07, 6.45) is 0.970. The second kappa shape index (κ2) is 7.54. The van der Waals surface area contributed by atoms with Crippen LogP contribution in [0.15, 0.2) is 66.7 Å². The molecule has 1 amide bonds. The first kappa shape index (κ1) is 16.5. The number of rotatable bonds is 5. The van der Waals surface area contributed by atoms with E-state index in [2.05, 4.69) is 44.7 Å². The van der Waals surface area contributed by atoms with Crippen LogP contribution in [0.2, 0.25) is 0 Å². The van der Waals surface area contributed by atoms with Crippen molar-refractivity contribution in [3.8, 4) is 11.3 Å². The van der Waals surface area contributed by atoms with E-state index in [0.717, 1.165) is 37.3 Å². The molecule has 2 heterocycles. The summed E-state index contributed by atoms with van der Waals surface area (Å²) in [4.78, 5) is 14.9. The first-order chi connectivity index (χ1) is 12.8. The van der Waals surface area contributed by atoms with Gasteiger partial charge in [0, 0.05) is 31.2 Å². The van der Waals surface area contributed by atoms with Gasteiger partial charge in [-0.1, -0.05) is 60.7 Å². The number of nitrogens with zero attached hydrogens (tertiary/aromatic N) is 2. The maximum absolute atomic E-state index is 12.5. The molecule has 1 aliphatic rings. The quantitative estimate of drug-likeness (QED) is 0.746. The van der Waals surface area contributed by atoms with Crippen LogP contribution in [0.5, 0.6) is 0 Å². The summed E-state index contributed by atoms with van der Waals surface area (Å²) in [5.74, 6) is -0.0914. The van der Waals surface area contributed by atoms with E-state index in [1.165, 1.54) is 5.56 Å². The summed E-state index contributed by atoms with van der Waals surface area (Å²) >= 11 is 0. The number of H-pyrrole nitrogens is 1. The Morgan fingerprint density at radius 3 is 2.62 bits per heavy atom. The highest BCUT2D eigenvalue weighted by molar-refractivity contribution is 5.93. The lowest BCUT2D eigenvalue weighted by Crippen LogP contribution is -2.37. The summed E-state index contributed by atoms with van der Waals surface area (Å²) in [6, 6.07) is 22.3. The molecule has 0 aliphatic carbocycles. The number of carbonyl (C=O) groups is 1. The van der Waals surface area contributed by atoms with Crippen molar-refractivity contribution in [2.45, 2.75) is 19.0 Å². The maximum Gasteiger partial charge on any atom is 0.269 e. The van der Waals surface area contributed by atoms with E-state index in [-0.39, 0.29) is 11.9 Å². The third-order valence-electron chi connectivity index (χ3n) is 4.75. The molecule has 0 radical (unpaired) electrons. The Balaban J connectivity index is 1.33. The van der Waals surface area contributed by atoms with E-state index in [0.29, 0.717) is 5.69 Å². The fraction of sp³-hybridized carbons (Fsp3) is 0.238. The van der Waals surface area contributed by atoms with Crippen molar-refractivity contribution >= 4 is 5.91 Å². The monoisotopic (exact) mass is 346 g/mol. The predicted molar refractivity (Wildman–Crippen MR) is 102 cm³/mol. The highest BCUT2D eigenvalue weighted by Gasteiger charge is 2.24. The first-order valence-electron chi connectivity index (χ1n) is 8.96. The summed E-state index contributed by atoms with van der Waals surface area (Å²) in [7, 11) is 0. The van der Waals surface area contributed by atoms with Crippen molar-refractivity contribution in [3.05, 3.63) is 78.0 Å². The second-order valence-electron chi connectivity index (χ2n) is 6.71. The minimum atomic E-state index is -0.0914. The first-order valence-corrected chi connectivity index (χ1v) is 8.96. The van der Waals surface area contributed by atoms with Gasteiger partial charge >= 0.3 is 0 Å². The van der Waals surface area contributed by atoms with Gasteiger partial charge in [-0.25, -0.2) is 0 Å². The van der Waals surface area contributed by atoms with Crippen LogP contribution < -0.4 is 5.32 Å². The number of hydrogen-bond donors (Lipinski definition) is 2. The molecule has 26 heavy (non-hydrogen) atoms. The topological polar surface area (TPSA) is 61.0 Å². The molecule has 1 fully saturated rings. The number of amides is 1. The Morgan fingerprint density at radius 2 is 1.85 bits per heavy atom. The van der Waals surface area contributed by atoms with Crippen LogP contribution >= 0.6 is 0 Å². The van der Waals surface area contributed by atoms with E-state index in [1.807, 2.05) is 36.4 Å². The van der Waals surface area contributed by atoms with Crippen LogP contribution in [0, 0.1) is 0 Å². The van der Waals surface area contributed by atoms with Crippen molar-refractivity contribution in [2.75, 3.05) is 13.1 Å². The zero-order valence-electron chi connectivity index (χ0n) is 14.6. The van der Waals surface area contributed by atoms with E-state index < -0.39 is 0 Å². The lowest BCUT2D eigenvalue weighted by molar-refractivity contribution is 0.0932. The number of carbonyl (C=O) groups excluding carboxylic acids is 1. The van der Waals surface area contributed by atoms with Crippen molar-refractivity contribution < 1.29 is 4.79 Å². The largest absolute Gasteiger partial charge is 0.347 e. The van der Waals surface area contributed by atoms with Crippen LogP contribution in [-0.4, -0.2) is 40.1 Å². The lowest BCUT2D eigenvalue weighted by Gasteiger charge is -2.16. The zero-order chi connectivity index (χ0) is 17.8. The molecule has 0 saturated carbocycles. The van der Waals surface area contributed by atoms with Gasteiger partial charge in [-0.05, 0) is 18.1 Å². The van der Waals surface area contributed by atoms with Crippen LogP contribution in [0.4, 0.5) is 0 Å². The molecule has 0 bridgehead atoms. The minimum absolute atomic E-state index is 0.0914. The van der Waals surface area contributed by atoms with E-state index in [1.54, 1.807) is 6.07 Å². The van der Waals surface area contributed by atoms with Gasteiger partial charge in [-0.15, -0.1) is 0 Å². The van der Waals surface area contributed by atoms with E-state index >= 15 is 0 Å². The number of nitrogens with one attached hydrogen (secondary N) is 2. The molecule has 0 spiro atoms. The molecule has 1 aromatic heterocycles. The van der Waals surface area contributed by atoms with Gasteiger partial charge in [0.25, 0.3) is 5.91 Å². The SMILES string of the molecule is O=C(NC1CCN(Cc2ccccc2)C1)c1cc(-c2ccccc2)n[nH]1. The third kappa shape index (κ3) is 3.83. The number of hydrogen-bond acceptors (Lipinski definition) is 3. The molecule has 132 valence electrons. The van der Waals surface area contributed by atoms with E-state index in [4.69, 9.17) is 0 Å². The van der Waals surface area contributed by atoms with Gasteiger partial charge in [0.05, 0.1) is 5.69 Å². The molecule has 3 aromatic rings. The molecular formula is C21H22N4O. The van der Waals surface area contributed by atoms with Crippen molar-refractivity contribution in [1.82, 2.24) is 20.4 Å². The normalized spacial score (nSPS) is 17.3. The Labute approximate surface area is 153 Å². The molecule has 5 nitrogen and oxygen atoms in total. The molecular weight excluding hydrogens is 324 g/mol. The smallest absolute Gasteiger partial charge is 0.269 e. The molecule has 5 heteroatoms. The molecule has 1 atom stereocenters. The predicted octanol–water partition coefficient (Wildman–Crippen LogP) is 3.08. The highest BCUT2D eigenvalue weighted by atomic mass is 16.2. The highest BCUT2D eigenvalue weighted by Crippen LogP contribution is 2.18. The van der Waals surface area contributed by atoms with Gasteiger partial charge in [-0.3, -0.25) is 14.8 Å². The Morgan fingerprint density at radius 1 is 1.12 bits per heavy atom. The molecule has 1 saturated heterocycles. The van der Waals surface area contributed by atoms with Crippen LogP contribution in [0.3, 0.4) is 0 Å². The number of likely N-dealkylation sites (tertiary alicyclic amines) is 1. The maximum atomic E-state index is 12.5. The number of aromatic nitrogens is 2. The van der Waals surface area contributed by atoms with Crippen molar-refractivity contribution in [1.29, 1.82) is 0 Å². The summed E-state index contributed by atoms with van der Waals surface area (Å²) in [5.41, 5.74) is 3.59. The van der Waals surface area contributed by atoms with Gasteiger partial charge in [0.1, 0.15) is 5.69 Å². The average molecular weight is 346 g/mol. The fourth-order valence-corrected chi connectivity index (χ4v) is 3.39. The second-order valence-corrected chi connectivity index (χ2v) is 6.71. The summed E-state index contributed by atoms with van der Waals surface area (Å²) in [6.45, 7) is 2.80. The van der Waals surface area contributed by atoms with Gasteiger partial charge < -0.3 is 5.32 Å². The number of aromatic amines is 1. The summed E-state index contributed by atoms with van der Waals surface area (Å²) in [5, 5.41) is 10.2. The molecule has 4 rings (SSSR count). The Hall–Kier alpha value is -2.92. The van der Waals surface area contributed by atoms with Crippen molar-refractivity contribution in [2.24, 2.45) is 0 Å². The Bertz CT molecular complexity index is 860. The lowest BCUT2D eigenvalue weighted by atomic mass is 10.1. The molecule has 2 N–H and O–H groups in total. The van der Waals surface area contributed by atoms with Crippen LogP contribution in [0.25, 0.3) is 11.3 Å². The number of benzene rings is 2. The van der Waals surface area contributed by atoms with Crippen LogP contribution in [-0.2, 0) is 6.54 Å². The third-order valence-corrected chi connectivity index (χ3v) is 4.75. The molecule has 1 unspecified atom stereocenters. The van der Waals surface area contributed by atoms with Crippen LogP contribution in [0.1, 0.15) is 22.5 Å². The van der Waals surface area contributed by atoms with Gasteiger partial charge in [0.15, 0.2) is 0 Å².